The SMILES string of the molecule is C=CC(=O)OCC1CO1.CCCCOC(=O)C1=CCC1. The first-order valence-corrected chi connectivity index (χ1v) is 6.94. The molecule has 0 saturated carbocycles. The highest BCUT2D eigenvalue weighted by Crippen LogP contribution is 2.18. The van der Waals surface area contributed by atoms with Crippen LogP contribution in [0.4, 0.5) is 0 Å². The minimum atomic E-state index is -0.384. The van der Waals surface area contributed by atoms with Crippen molar-refractivity contribution in [3.8, 4) is 0 Å². The molecule has 0 N–H and O–H groups in total. The van der Waals surface area contributed by atoms with E-state index in [1.165, 1.54) is 0 Å². The molecule has 0 radical (unpaired) electrons. The summed E-state index contributed by atoms with van der Waals surface area (Å²) in [5.41, 5.74) is 0.862. The Hall–Kier alpha value is -1.62. The van der Waals surface area contributed by atoms with Crippen LogP contribution < -0.4 is 0 Å². The van der Waals surface area contributed by atoms with Gasteiger partial charge in [0.1, 0.15) is 12.7 Å². The van der Waals surface area contributed by atoms with Gasteiger partial charge < -0.3 is 14.2 Å². The van der Waals surface area contributed by atoms with Crippen LogP contribution in [0.15, 0.2) is 24.3 Å². The van der Waals surface area contributed by atoms with Gasteiger partial charge in [0.25, 0.3) is 0 Å². The minimum Gasteiger partial charge on any atom is -0.462 e. The van der Waals surface area contributed by atoms with Crippen molar-refractivity contribution in [1.82, 2.24) is 0 Å². The summed E-state index contributed by atoms with van der Waals surface area (Å²) in [6, 6.07) is 0. The Balaban J connectivity index is 0.000000204. The van der Waals surface area contributed by atoms with Crippen LogP contribution in [0.5, 0.6) is 0 Å². The van der Waals surface area contributed by atoms with Crippen molar-refractivity contribution in [3.05, 3.63) is 24.3 Å². The van der Waals surface area contributed by atoms with Crippen LogP contribution in [0.25, 0.3) is 0 Å². The van der Waals surface area contributed by atoms with Crippen LogP contribution in [0.1, 0.15) is 32.6 Å². The molecule has 5 nitrogen and oxygen atoms in total. The van der Waals surface area contributed by atoms with E-state index in [0.29, 0.717) is 19.8 Å². The summed E-state index contributed by atoms with van der Waals surface area (Å²) in [4.78, 5) is 21.4. The average Bonchev–Trinajstić information content (AvgIpc) is 3.19. The molecule has 20 heavy (non-hydrogen) atoms. The second-order valence-electron chi connectivity index (χ2n) is 4.55. The minimum absolute atomic E-state index is 0.107. The van der Waals surface area contributed by atoms with E-state index in [4.69, 9.17) is 9.47 Å². The van der Waals surface area contributed by atoms with Gasteiger partial charge in [-0.2, -0.15) is 0 Å². The highest BCUT2D eigenvalue weighted by molar-refractivity contribution is 5.89. The number of esters is 2. The van der Waals surface area contributed by atoms with Crippen LogP contribution in [0, 0.1) is 0 Å². The van der Waals surface area contributed by atoms with Gasteiger partial charge in [0, 0.05) is 11.6 Å². The largest absolute Gasteiger partial charge is 0.462 e. The lowest BCUT2D eigenvalue weighted by atomic mass is 10.00. The van der Waals surface area contributed by atoms with E-state index in [9.17, 15) is 9.59 Å². The van der Waals surface area contributed by atoms with Gasteiger partial charge in [-0.15, -0.1) is 0 Å². The van der Waals surface area contributed by atoms with E-state index in [1.807, 2.05) is 6.08 Å². The van der Waals surface area contributed by atoms with Crippen molar-refractivity contribution in [1.29, 1.82) is 0 Å². The number of carbonyl (C=O) groups excluding carboxylic acids is 2. The summed E-state index contributed by atoms with van der Waals surface area (Å²) < 4.78 is 14.4. The second-order valence-corrected chi connectivity index (χ2v) is 4.55. The average molecular weight is 282 g/mol. The standard InChI is InChI=1S/C9H14O2.C6H8O3/c1-2-3-7-11-9(10)8-5-4-6-8;1-2-6(7)9-4-5-3-8-5/h5H,2-4,6-7H2,1H3;2,5H,1,3-4H2. The number of hydrogen-bond donors (Lipinski definition) is 0. The molecule has 0 aromatic rings. The van der Waals surface area contributed by atoms with Gasteiger partial charge in [-0.1, -0.05) is 26.0 Å². The topological polar surface area (TPSA) is 65.1 Å². The van der Waals surface area contributed by atoms with Crippen LogP contribution in [-0.4, -0.2) is 37.9 Å². The van der Waals surface area contributed by atoms with E-state index in [0.717, 1.165) is 37.3 Å². The van der Waals surface area contributed by atoms with Gasteiger partial charge >= 0.3 is 11.9 Å². The van der Waals surface area contributed by atoms with Crippen molar-refractivity contribution in [2.75, 3.05) is 19.8 Å². The smallest absolute Gasteiger partial charge is 0.333 e. The second kappa shape index (κ2) is 9.31. The summed E-state index contributed by atoms with van der Waals surface area (Å²) in [7, 11) is 0. The fourth-order valence-corrected chi connectivity index (χ4v) is 1.27. The summed E-state index contributed by atoms with van der Waals surface area (Å²) >= 11 is 0. The molecule has 0 spiro atoms. The molecule has 1 unspecified atom stereocenters. The molecule has 1 heterocycles. The Morgan fingerprint density at radius 3 is 2.65 bits per heavy atom. The van der Waals surface area contributed by atoms with E-state index < -0.39 is 0 Å². The monoisotopic (exact) mass is 282 g/mol. The van der Waals surface area contributed by atoms with Crippen LogP contribution in [-0.2, 0) is 23.8 Å². The summed E-state index contributed by atoms with van der Waals surface area (Å²) in [6.07, 6.45) is 7.22. The zero-order valence-corrected chi connectivity index (χ0v) is 11.9. The molecule has 2 aliphatic rings. The molecule has 0 aromatic carbocycles. The number of carbonyl (C=O) groups is 2. The fraction of sp³-hybridized carbons (Fsp3) is 0.600. The molecule has 1 fully saturated rings. The van der Waals surface area contributed by atoms with Gasteiger partial charge in [0.05, 0.1) is 13.2 Å². The van der Waals surface area contributed by atoms with Crippen molar-refractivity contribution >= 4 is 11.9 Å². The third kappa shape index (κ3) is 7.09. The molecule has 1 atom stereocenters. The molecule has 1 aliphatic heterocycles. The molecule has 0 bridgehead atoms. The normalized spacial score (nSPS) is 18.6. The summed E-state index contributed by atoms with van der Waals surface area (Å²) in [6.45, 7) is 6.98. The first-order valence-electron chi connectivity index (χ1n) is 6.94. The van der Waals surface area contributed by atoms with E-state index >= 15 is 0 Å². The lowest BCUT2D eigenvalue weighted by Crippen LogP contribution is -2.12. The molecule has 0 amide bonds. The number of unbranched alkanes of at least 4 members (excludes halogenated alkanes) is 1. The molecule has 0 aromatic heterocycles. The molecular formula is C15H22O5. The Morgan fingerprint density at radius 2 is 2.20 bits per heavy atom. The van der Waals surface area contributed by atoms with E-state index in [2.05, 4.69) is 18.2 Å². The third-order valence-electron chi connectivity index (χ3n) is 2.78. The first kappa shape index (κ1) is 16.4. The fourth-order valence-electron chi connectivity index (χ4n) is 1.27. The van der Waals surface area contributed by atoms with Crippen LogP contribution >= 0.6 is 0 Å². The highest BCUT2D eigenvalue weighted by Gasteiger charge is 2.23. The van der Waals surface area contributed by atoms with Gasteiger partial charge in [0.15, 0.2) is 0 Å². The lowest BCUT2D eigenvalue weighted by molar-refractivity contribution is -0.140. The maximum atomic E-state index is 11.0. The number of hydrogen-bond acceptors (Lipinski definition) is 5. The van der Waals surface area contributed by atoms with Crippen LogP contribution in [0.3, 0.4) is 0 Å². The number of allylic oxidation sites excluding steroid dienone is 1. The molecule has 1 aliphatic carbocycles. The quantitative estimate of drug-likeness (QED) is 0.310. The molecule has 5 heteroatoms. The van der Waals surface area contributed by atoms with Crippen molar-refractivity contribution in [3.63, 3.8) is 0 Å². The number of ether oxygens (including phenoxy) is 3. The number of epoxide rings is 1. The lowest BCUT2D eigenvalue weighted by Gasteiger charge is -2.12. The Labute approximate surface area is 119 Å². The Morgan fingerprint density at radius 1 is 1.50 bits per heavy atom. The predicted molar refractivity (Wildman–Crippen MR) is 74.1 cm³/mol. The first-order chi connectivity index (χ1) is 9.67. The maximum absolute atomic E-state index is 11.0. The van der Waals surface area contributed by atoms with E-state index in [-0.39, 0.29) is 18.0 Å². The van der Waals surface area contributed by atoms with Gasteiger partial charge in [0.2, 0.25) is 0 Å². The molecule has 1 saturated heterocycles. The predicted octanol–water partition coefficient (Wildman–Crippen LogP) is 2.16. The van der Waals surface area contributed by atoms with Crippen molar-refractivity contribution < 1.29 is 23.8 Å². The maximum Gasteiger partial charge on any atom is 0.333 e. The van der Waals surface area contributed by atoms with Gasteiger partial charge in [-0.05, 0) is 19.3 Å². The molecular weight excluding hydrogens is 260 g/mol. The Bertz CT molecular complexity index is 368. The summed E-state index contributed by atoms with van der Waals surface area (Å²) in [5.74, 6) is -0.491. The third-order valence-corrected chi connectivity index (χ3v) is 2.78. The molecule has 2 rings (SSSR count). The van der Waals surface area contributed by atoms with Gasteiger partial charge in [-0.25, -0.2) is 9.59 Å². The van der Waals surface area contributed by atoms with Crippen LogP contribution in [0.2, 0.25) is 0 Å². The highest BCUT2D eigenvalue weighted by atomic mass is 16.6. The molecule has 112 valence electrons. The van der Waals surface area contributed by atoms with Crippen molar-refractivity contribution in [2.24, 2.45) is 0 Å². The summed E-state index contributed by atoms with van der Waals surface area (Å²) in [5, 5.41) is 0. The zero-order chi connectivity index (χ0) is 14.8. The van der Waals surface area contributed by atoms with Crippen molar-refractivity contribution in [2.45, 2.75) is 38.7 Å². The number of rotatable bonds is 7. The van der Waals surface area contributed by atoms with Gasteiger partial charge in [-0.3, -0.25) is 0 Å². The zero-order valence-electron chi connectivity index (χ0n) is 11.9. The Kier molecular flexibility index (Phi) is 7.65. The van der Waals surface area contributed by atoms with E-state index in [1.54, 1.807) is 0 Å².